The van der Waals surface area contributed by atoms with Crippen LogP contribution in [0, 0.1) is 0 Å². The Hall–Kier alpha value is 0.197. The van der Waals surface area contributed by atoms with Gasteiger partial charge >= 0.3 is 0 Å². The van der Waals surface area contributed by atoms with E-state index in [9.17, 15) is 4.79 Å². The standard InChI is InChI=1S/C14H30O2SSi/c1-5-6-7-8-9-11-14(15)17-12-10-13-18(3,4)16-2/h5-13H2,1-4H3. The first-order valence-corrected chi connectivity index (χ1v) is 11.3. The van der Waals surface area contributed by atoms with Gasteiger partial charge in [-0.1, -0.05) is 44.4 Å². The highest BCUT2D eigenvalue weighted by atomic mass is 32.2. The average Bonchev–Trinajstić information content (AvgIpc) is 2.34. The fraction of sp³-hybridized carbons (Fsp3) is 0.929. The Morgan fingerprint density at radius 3 is 2.39 bits per heavy atom. The molecule has 4 heteroatoms. The molecule has 0 unspecified atom stereocenters. The topological polar surface area (TPSA) is 26.3 Å². The van der Waals surface area contributed by atoms with Gasteiger partial charge in [-0.05, 0) is 32.0 Å². The highest BCUT2D eigenvalue weighted by Gasteiger charge is 2.19. The molecule has 0 N–H and O–H groups in total. The molecule has 2 nitrogen and oxygen atoms in total. The second kappa shape index (κ2) is 11.1. The zero-order valence-corrected chi connectivity index (χ0v) is 14.4. The minimum absolute atomic E-state index is 0.378. The van der Waals surface area contributed by atoms with E-state index in [4.69, 9.17) is 4.43 Å². The Morgan fingerprint density at radius 2 is 1.78 bits per heavy atom. The Balaban J connectivity index is 3.37. The molecule has 0 aliphatic rings. The van der Waals surface area contributed by atoms with E-state index >= 15 is 0 Å². The smallest absolute Gasteiger partial charge is 0.188 e. The lowest BCUT2D eigenvalue weighted by atomic mass is 10.1. The van der Waals surface area contributed by atoms with Gasteiger partial charge in [-0.15, -0.1) is 0 Å². The Labute approximate surface area is 118 Å². The van der Waals surface area contributed by atoms with Gasteiger partial charge in [0.05, 0.1) is 0 Å². The summed E-state index contributed by atoms with van der Waals surface area (Å²) in [5.74, 6) is 0.966. The third-order valence-corrected chi connectivity index (χ3v) is 6.91. The first kappa shape index (κ1) is 18.2. The minimum atomic E-state index is -1.41. The maximum Gasteiger partial charge on any atom is 0.188 e. The van der Waals surface area contributed by atoms with Crippen molar-refractivity contribution < 1.29 is 9.22 Å². The van der Waals surface area contributed by atoms with E-state index in [-0.39, 0.29) is 0 Å². The molecule has 0 radical (unpaired) electrons. The fourth-order valence-electron chi connectivity index (χ4n) is 1.73. The number of carbonyl (C=O) groups is 1. The van der Waals surface area contributed by atoms with Crippen molar-refractivity contribution in [3.05, 3.63) is 0 Å². The summed E-state index contributed by atoms with van der Waals surface area (Å²) in [6.45, 7) is 6.67. The van der Waals surface area contributed by atoms with E-state index in [0.717, 1.165) is 31.1 Å². The molecule has 18 heavy (non-hydrogen) atoms. The predicted octanol–water partition coefficient (Wildman–Crippen LogP) is 4.85. The summed E-state index contributed by atoms with van der Waals surface area (Å²) in [6, 6.07) is 1.15. The quantitative estimate of drug-likeness (QED) is 0.402. The van der Waals surface area contributed by atoms with Crippen molar-refractivity contribution in [3.8, 4) is 0 Å². The van der Waals surface area contributed by atoms with Crippen LogP contribution < -0.4 is 0 Å². The largest absolute Gasteiger partial charge is 0.420 e. The third-order valence-electron chi connectivity index (χ3n) is 3.22. The van der Waals surface area contributed by atoms with Gasteiger partial charge in [-0.25, -0.2) is 0 Å². The summed E-state index contributed by atoms with van der Waals surface area (Å²) in [5, 5.41) is 0.378. The Kier molecular flexibility index (Phi) is 11.2. The van der Waals surface area contributed by atoms with Crippen LogP contribution in [0.3, 0.4) is 0 Å². The van der Waals surface area contributed by atoms with Gasteiger partial charge in [-0.3, -0.25) is 4.79 Å². The highest BCUT2D eigenvalue weighted by Crippen LogP contribution is 2.17. The van der Waals surface area contributed by atoms with E-state index in [1.165, 1.54) is 37.4 Å². The van der Waals surface area contributed by atoms with Gasteiger partial charge in [-0.2, -0.15) is 0 Å². The average molecular weight is 291 g/mol. The molecule has 0 fully saturated rings. The van der Waals surface area contributed by atoms with Crippen molar-refractivity contribution in [2.75, 3.05) is 12.9 Å². The molecule has 0 saturated heterocycles. The predicted molar refractivity (Wildman–Crippen MR) is 84.8 cm³/mol. The van der Waals surface area contributed by atoms with Crippen LogP contribution in [0.5, 0.6) is 0 Å². The lowest BCUT2D eigenvalue weighted by Crippen LogP contribution is -2.28. The summed E-state index contributed by atoms with van der Waals surface area (Å²) < 4.78 is 5.49. The van der Waals surface area contributed by atoms with E-state index in [2.05, 4.69) is 20.0 Å². The van der Waals surface area contributed by atoms with E-state index in [1.807, 2.05) is 0 Å². The Morgan fingerprint density at radius 1 is 1.11 bits per heavy atom. The molecule has 0 aromatic carbocycles. The van der Waals surface area contributed by atoms with Crippen molar-refractivity contribution in [3.63, 3.8) is 0 Å². The molecule has 0 aliphatic carbocycles. The van der Waals surface area contributed by atoms with E-state index in [0.29, 0.717) is 5.12 Å². The van der Waals surface area contributed by atoms with Crippen LogP contribution in [-0.2, 0) is 9.22 Å². The molecule has 0 aromatic heterocycles. The summed E-state index contributed by atoms with van der Waals surface area (Å²) in [7, 11) is 0.392. The van der Waals surface area contributed by atoms with Crippen molar-refractivity contribution in [1.29, 1.82) is 0 Å². The molecule has 0 amide bonds. The van der Waals surface area contributed by atoms with Crippen LogP contribution in [0.1, 0.15) is 51.9 Å². The lowest BCUT2D eigenvalue weighted by Gasteiger charge is -2.19. The van der Waals surface area contributed by atoms with Gasteiger partial charge in [0.25, 0.3) is 0 Å². The second-order valence-corrected chi connectivity index (χ2v) is 11.0. The van der Waals surface area contributed by atoms with Crippen LogP contribution in [0.2, 0.25) is 19.1 Å². The normalized spacial score (nSPS) is 11.8. The van der Waals surface area contributed by atoms with Crippen molar-refractivity contribution in [1.82, 2.24) is 0 Å². The first-order valence-electron chi connectivity index (χ1n) is 7.22. The molecule has 0 aliphatic heterocycles. The fourth-order valence-corrected chi connectivity index (χ4v) is 4.02. The monoisotopic (exact) mass is 290 g/mol. The van der Waals surface area contributed by atoms with Gasteiger partial charge < -0.3 is 4.43 Å². The van der Waals surface area contributed by atoms with Crippen LogP contribution in [0.25, 0.3) is 0 Å². The van der Waals surface area contributed by atoms with Crippen LogP contribution in [0.15, 0.2) is 0 Å². The molecule has 0 bridgehead atoms. The molecule has 0 aromatic rings. The molecular weight excluding hydrogens is 260 g/mol. The molecule has 0 rings (SSSR count). The van der Waals surface area contributed by atoms with E-state index < -0.39 is 8.32 Å². The van der Waals surface area contributed by atoms with Crippen molar-refractivity contribution >= 4 is 25.2 Å². The van der Waals surface area contributed by atoms with E-state index in [1.54, 1.807) is 7.11 Å². The zero-order valence-electron chi connectivity index (χ0n) is 12.6. The van der Waals surface area contributed by atoms with Crippen LogP contribution in [-0.4, -0.2) is 26.3 Å². The third kappa shape index (κ3) is 11.3. The number of hydrogen-bond acceptors (Lipinski definition) is 3. The number of thioether (sulfide) groups is 1. The van der Waals surface area contributed by atoms with Gasteiger partial charge in [0.1, 0.15) is 0 Å². The number of unbranched alkanes of at least 4 members (excludes halogenated alkanes) is 4. The van der Waals surface area contributed by atoms with Gasteiger partial charge in [0.2, 0.25) is 0 Å². The van der Waals surface area contributed by atoms with Crippen LogP contribution >= 0.6 is 11.8 Å². The minimum Gasteiger partial charge on any atom is -0.420 e. The van der Waals surface area contributed by atoms with Crippen LogP contribution in [0.4, 0.5) is 0 Å². The Bertz CT molecular complexity index is 220. The first-order chi connectivity index (χ1) is 8.52. The van der Waals surface area contributed by atoms with Gasteiger partial charge in [0, 0.05) is 19.3 Å². The summed E-state index contributed by atoms with van der Waals surface area (Å²) >= 11 is 1.52. The highest BCUT2D eigenvalue weighted by molar-refractivity contribution is 8.13. The number of carbonyl (C=O) groups excluding carboxylic acids is 1. The van der Waals surface area contributed by atoms with Crippen molar-refractivity contribution in [2.24, 2.45) is 0 Å². The maximum absolute atomic E-state index is 11.6. The van der Waals surface area contributed by atoms with Crippen molar-refractivity contribution in [2.45, 2.75) is 71.0 Å². The molecule has 0 spiro atoms. The molecule has 0 atom stereocenters. The molecular formula is C14H30O2SSi. The summed E-state index contributed by atoms with van der Waals surface area (Å²) in [6.07, 6.45) is 8.01. The molecule has 108 valence electrons. The summed E-state index contributed by atoms with van der Waals surface area (Å²) in [5.41, 5.74) is 0. The summed E-state index contributed by atoms with van der Waals surface area (Å²) in [4.78, 5) is 11.6. The van der Waals surface area contributed by atoms with Gasteiger partial charge in [0.15, 0.2) is 13.4 Å². The second-order valence-electron chi connectivity index (χ2n) is 5.45. The zero-order chi connectivity index (χ0) is 13.9. The number of hydrogen-bond donors (Lipinski definition) is 0. The lowest BCUT2D eigenvalue weighted by molar-refractivity contribution is -0.111. The number of rotatable bonds is 11. The maximum atomic E-state index is 11.6. The molecule has 0 heterocycles. The molecule has 0 saturated carbocycles. The SMILES string of the molecule is CCCCCCCC(=O)SCCC[Si](C)(C)OC.